The van der Waals surface area contributed by atoms with E-state index in [1.807, 2.05) is 20.8 Å². The highest BCUT2D eigenvalue weighted by Crippen LogP contribution is 2.76. The highest BCUT2D eigenvalue weighted by molar-refractivity contribution is 5.20. The minimum absolute atomic E-state index is 0.133. The zero-order valence-electron chi connectivity index (χ0n) is 40.0. The van der Waals surface area contributed by atoms with Crippen LogP contribution in [0.2, 0.25) is 0 Å². The summed E-state index contributed by atoms with van der Waals surface area (Å²) >= 11 is 0. The van der Waals surface area contributed by atoms with Crippen LogP contribution < -0.4 is 0 Å². The first kappa shape index (κ1) is 52.8. The van der Waals surface area contributed by atoms with Crippen molar-refractivity contribution in [2.24, 2.45) is 45.3 Å². The molecular formula is C48H82O18. The summed E-state index contributed by atoms with van der Waals surface area (Å²) in [6.45, 7) is 15.8. The molecule has 0 aromatic heterocycles. The molecule has 7 rings (SSSR count). The van der Waals surface area contributed by atoms with Crippen LogP contribution in [0, 0.1) is 45.3 Å². The summed E-state index contributed by atoms with van der Waals surface area (Å²) in [4.78, 5) is 0. The van der Waals surface area contributed by atoms with Crippen molar-refractivity contribution in [3.63, 3.8) is 0 Å². The Hall–Kier alpha value is -0.980. The Morgan fingerprint density at radius 1 is 0.621 bits per heavy atom. The predicted octanol–water partition coefficient (Wildman–Crippen LogP) is -0.0268. The molecule has 18 heteroatoms. The Kier molecular flexibility index (Phi) is 15.7. The maximum atomic E-state index is 12.7. The predicted molar refractivity (Wildman–Crippen MR) is 234 cm³/mol. The van der Waals surface area contributed by atoms with E-state index in [1.165, 1.54) is 0 Å². The van der Waals surface area contributed by atoms with Crippen LogP contribution in [0.15, 0.2) is 11.6 Å². The largest absolute Gasteiger partial charge is 0.394 e. The standard InChI is InChI=1S/C48H82O18/c1-22(2)10-9-14-48(8,66-43-40(60)37(57)34(54)27(64-43)21-61-41-38(58)35(55)32(52)25(19-49)62-41)23-11-16-47(7)31(23)24(51)18-29-45(5)15-13-30(44(3,4)28(45)12-17-46(29,47)6)65-42-39(59)36(56)33(53)26(20-50)63-42/h10,23-43,49-60H,9,11-21H2,1-8H3/t23?,24-,25+,26+,27+,28?,29+,30-,31?,32+,33+,34+,35-,36-,37-,38+,39+,40+,41+,42-,43-,45-,46+,47+,48-/m0/s1. The summed E-state index contributed by atoms with van der Waals surface area (Å²) in [6, 6.07) is 0. The highest BCUT2D eigenvalue weighted by Gasteiger charge is 2.72. The molecule has 4 aliphatic carbocycles. The van der Waals surface area contributed by atoms with Crippen molar-refractivity contribution < 1.29 is 89.7 Å². The van der Waals surface area contributed by atoms with Gasteiger partial charge in [-0.2, -0.15) is 0 Å². The average Bonchev–Trinajstić information content (AvgIpc) is 3.65. The Morgan fingerprint density at radius 2 is 1.15 bits per heavy atom. The SMILES string of the molecule is CC(C)=CCC[C@](C)(O[C@@H]1O[C@H](CO[C@@H]2O[C@H](CO)[C@@H](O)[C@H](O)[C@H]2O)[C@@H](O)[C@H](O)[C@H]1O)C1CC[C@]2(C)C1[C@@H](O)C[C@@H]1[C@@]3(C)CC[C@H](O[C@@H]4O[C@H](CO)[C@@H](O)[C@H](O)[C@H]4O)C(C)(C)C3CC[C@]12C. The molecule has 66 heavy (non-hydrogen) atoms. The van der Waals surface area contributed by atoms with Gasteiger partial charge < -0.3 is 89.7 Å². The molecule has 3 saturated heterocycles. The van der Waals surface area contributed by atoms with Crippen molar-refractivity contribution in [1.82, 2.24) is 0 Å². The molecular weight excluding hydrogens is 865 g/mol. The van der Waals surface area contributed by atoms with Crippen LogP contribution in [0.5, 0.6) is 0 Å². The summed E-state index contributed by atoms with van der Waals surface area (Å²) in [5.74, 6) is -0.128. The third-order valence-electron chi connectivity index (χ3n) is 18.8. The van der Waals surface area contributed by atoms with Gasteiger partial charge in [-0.1, -0.05) is 46.3 Å². The monoisotopic (exact) mass is 947 g/mol. The number of allylic oxidation sites excluding steroid dienone is 2. The molecule has 18 nitrogen and oxygen atoms in total. The summed E-state index contributed by atoms with van der Waals surface area (Å²) in [5.41, 5.74) is -1.06. The van der Waals surface area contributed by atoms with Crippen LogP contribution in [-0.4, -0.2) is 191 Å². The second-order valence-electron chi connectivity index (χ2n) is 22.9. The zero-order chi connectivity index (χ0) is 48.6. The average molecular weight is 947 g/mol. The van der Waals surface area contributed by atoms with E-state index in [1.54, 1.807) is 0 Å². The highest BCUT2D eigenvalue weighted by atomic mass is 16.7. The Bertz CT molecular complexity index is 1680. The van der Waals surface area contributed by atoms with E-state index in [2.05, 4.69) is 40.7 Å². The fourth-order valence-electron chi connectivity index (χ4n) is 14.8. The van der Waals surface area contributed by atoms with E-state index in [0.29, 0.717) is 32.1 Å². The minimum atomic E-state index is -1.72. The summed E-state index contributed by atoms with van der Waals surface area (Å²) in [7, 11) is 0. The third-order valence-corrected chi connectivity index (χ3v) is 18.8. The Labute approximate surface area is 388 Å². The molecule has 0 aromatic rings. The molecule has 12 N–H and O–H groups in total. The molecule has 3 aliphatic heterocycles. The molecule has 0 amide bonds. The minimum Gasteiger partial charge on any atom is -0.394 e. The summed E-state index contributed by atoms with van der Waals surface area (Å²) in [6.07, 6.45) is -14.9. The quantitative estimate of drug-likeness (QED) is 0.0853. The molecule has 0 spiro atoms. The van der Waals surface area contributed by atoms with Gasteiger partial charge in [0.25, 0.3) is 0 Å². The number of ether oxygens (including phenoxy) is 6. The maximum Gasteiger partial charge on any atom is 0.187 e. The summed E-state index contributed by atoms with van der Waals surface area (Å²) < 4.78 is 36.6. The lowest BCUT2D eigenvalue weighted by Gasteiger charge is -2.71. The zero-order valence-corrected chi connectivity index (χ0v) is 40.0. The Morgan fingerprint density at radius 3 is 1.74 bits per heavy atom. The second-order valence-corrected chi connectivity index (χ2v) is 22.9. The molecule has 7 fully saturated rings. The van der Waals surface area contributed by atoms with Crippen molar-refractivity contribution >= 4 is 0 Å². The van der Waals surface area contributed by atoms with Crippen molar-refractivity contribution in [1.29, 1.82) is 0 Å². The van der Waals surface area contributed by atoms with Crippen molar-refractivity contribution in [3.8, 4) is 0 Å². The molecule has 0 radical (unpaired) electrons. The van der Waals surface area contributed by atoms with Gasteiger partial charge in [0.2, 0.25) is 0 Å². The number of hydrogen-bond acceptors (Lipinski definition) is 18. The first-order valence-electron chi connectivity index (χ1n) is 24.4. The smallest absolute Gasteiger partial charge is 0.187 e. The molecule has 25 atom stereocenters. The first-order valence-corrected chi connectivity index (χ1v) is 24.4. The lowest BCUT2D eigenvalue weighted by Crippen LogP contribution is -2.67. The number of aliphatic hydroxyl groups excluding tert-OH is 12. The maximum absolute atomic E-state index is 12.7. The Balaban J connectivity index is 1.11. The lowest BCUT2D eigenvalue weighted by molar-refractivity contribution is -0.350. The number of aliphatic hydroxyl groups is 12. The van der Waals surface area contributed by atoms with E-state index < -0.39 is 129 Å². The van der Waals surface area contributed by atoms with Gasteiger partial charge in [0.15, 0.2) is 18.9 Å². The van der Waals surface area contributed by atoms with Crippen LogP contribution >= 0.6 is 0 Å². The number of hydrogen-bond donors (Lipinski definition) is 12. The third kappa shape index (κ3) is 8.90. The second kappa shape index (κ2) is 19.6. The van der Waals surface area contributed by atoms with Crippen LogP contribution in [0.3, 0.4) is 0 Å². The molecule has 4 saturated carbocycles. The fraction of sp³-hybridized carbons (Fsp3) is 0.958. The molecule has 0 bridgehead atoms. The van der Waals surface area contributed by atoms with E-state index in [9.17, 15) is 61.3 Å². The van der Waals surface area contributed by atoms with Crippen molar-refractivity contribution in [2.75, 3.05) is 19.8 Å². The van der Waals surface area contributed by atoms with E-state index >= 15 is 0 Å². The molecule has 382 valence electrons. The van der Waals surface area contributed by atoms with Gasteiger partial charge in [0, 0.05) is 0 Å². The fourth-order valence-corrected chi connectivity index (χ4v) is 14.8. The molecule has 0 aromatic carbocycles. The van der Waals surface area contributed by atoms with Crippen LogP contribution in [0.25, 0.3) is 0 Å². The van der Waals surface area contributed by atoms with Crippen LogP contribution in [-0.2, 0) is 28.4 Å². The van der Waals surface area contributed by atoms with Crippen molar-refractivity contribution in [3.05, 3.63) is 11.6 Å². The van der Waals surface area contributed by atoms with Crippen LogP contribution in [0.1, 0.15) is 113 Å². The van der Waals surface area contributed by atoms with Crippen molar-refractivity contribution in [2.45, 2.75) is 223 Å². The van der Waals surface area contributed by atoms with E-state index in [4.69, 9.17) is 28.4 Å². The molecule has 7 aliphatic rings. The lowest BCUT2D eigenvalue weighted by atomic mass is 9.35. The summed E-state index contributed by atoms with van der Waals surface area (Å²) in [5, 5.41) is 129. The van der Waals surface area contributed by atoms with E-state index in [0.717, 1.165) is 31.3 Å². The van der Waals surface area contributed by atoms with Gasteiger partial charge >= 0.3 is 0 Å². The topological polar surface area (TPSA) is 298 Å². The molecule has 3 heterocycles. The van der Waals surface area contributed by atoms with E-state index in [-0.39, 0.29) is 46.0 Å². The van der Waals surface area contributed by atoms with Gasteiger partial charge in [0.1, 0.15) is 73.2 Å². The molecule has 3 unspecified atom stereocenters. The number of fused-ring (bicyclic) bond motifs is 5. The van der Waals surface area contributed by atoms with Gasteiger partial charge in [-0.05, 0) is 124 Å². The normalized spacial score (nSPS) is 52.4. The van der Waals surface area contributed by atoms with Gasteiger partial charge in [-0.25, -0.2) is 0 Å². The first-order chi connectivity index (χ1) is 30.8. The van der Waals surface area contributed by atoms with Gasteiger partial charge in [-0.15, -0.1) is 0 Å². The van der Waals surface area contributed by atoms with Gasteiger partial charge in [-0.3, -0.25) is 0 Å². The number of rotatable bonds is 13. The van der Waals surface area contributed by atoms with Gasteiger partial charge in [0.05, 0.1) is 37.6 Å². The van der Waals surface area contributed by atoms with Crippen LogP contribution in [0.4, 0.5) is 0 Å².